The van der Waals surface area contributed by atoms with E-state index in [1.165, 1.54) is 5.56 Å². The highest BCUT2D eigenvalue weighted by Gasteiger charge is 1.98. The Morgan fingerprint density at radius 2 is 2.08 bits per heavy atom. The van der Waals surface area contributed by atoms with Crippen molar-refractivity contribution in [2.45, 2.75) is 12.8 Å². The van der Waals surface area contributed by atoms with Crippen molar-refractivity contribution in [3.63, 3.8) is 0 Å². The molecule has 0 N–H and O–H groups in total. The molecule has 66 valence electrons. The number of hydrogen-bond donors (Lipinski definition) is 0. The van der Waals surface area contributed by atoms with Gasteiger partial charge < -0.3 is 0 Å². The molecule has 0 nitrogen and oxygen atoms in total. The topological polar surface area (TPSA) is 0 Å². The first kappa shape index (κ1) is 10.6. The summed E-state index contributed by atoms with van der Waals surface area (Å²) in [6.07, 6.45) is 2.07. The summed E-state index contributed by atoms with van der Waals surface area (Å²) in [4.78, 5) is 0. The number of halogens is 3. The van der Waals surface area contributed by atoms with E-state index >= 15 is 0 Å². The van der Waals surface area contributed by atoms with E-state index in [0.717, 1.165) is 27.3 Å². The summed E-state index contributed by atoms with van der Waals surface area (Å²) in [5.41, 5.74) is 1.31. The van der Waals surface area contributed by atoms with E-state index in [1.54, 1.807) is 0 Å². The van der Waals surface area contributed by atoms with Crippen LogP contribution in [0.5, 0.6) is 0 Å². The predicted octanol–water partition coefficient (Wildman–Crippen LogP) is 4.12. The third kappa shape index (κ3) is 3.11. The molecule has 0 saturated carbocycles. The van der Waals surface area contributed by atoms with Gasteiger partial charge in [0.15, 0.2) is 0 Å². The Balaban J connectivity index is 2.69. The molecule has 0 aliphatic carbocycles. The summed E-state index contributed by atoms with van der Waals surface area (Å²) in [7, 11) is 0. The summed E-state index contributed by atoms with van der Waals surface area (Å²) in [5, 5.41) is 0.824. The average molecular weight is 315 g/mol. The normalized spacial score (nSPS) is 10.2. The molecule has 0 radical (unpaired) electrons. The first-order valence-electron chi connectivity index (χ1n) is 3.74. The molecule has 0 aromatic heterocycles. The summed E-state index contributed by atoms with van der Waals surface area (Å²) >= 11 is 13.7. The highest BCUT2D eigenvalue weighted by atomic mass is 127. The fraction of sp³-hybridized carbons (Fsp3) is 0.333. The van der Waals surface area contributed by atoms with Crippen molar-refractivity contribution in [2.75, 3.05) is 5.88 Å². The maximum atomic E-state index is 5.88. The van der Waals surface area contributed by atoms with E-state index in [4.69, 9.17) is 23.2 Å². The molecule has 0 aliphatic rings. The van der Waals surface area contributed by atoms with E-state index in [-0.39, 0.29) is 0 Å². The lowest BCUT2D eigenvalue weighted by molar-refractivity contribution is 0.928. The van der Waals surface area contributed by atoms with E-state index < -0.39 is 0 Å². The Kier molecular flexibility index (Phi) is 4.69. The van der Waals surface area contributed by atoms with Crippen molar-refractivity contribution in [1.29, 1.82) is 0 Å². The maximum absolute atomic E-state index is 5.88. The van der Waals surface area contributed by atoms with Gasteiger partial charge in [-0.25, -0.2) is 0 Å². The molecule has 1 rings (SSSR count). The molecule has 0 amide bonds. The van der Waals surface area contributed by atoms with Gasteiger partial charge in [-0.15, -0.1) is 11.6 Å². The van der Waals surface area contributed by atoms with Crippen molar-refractivity contribution < 1.29 is 0 Å². The van der Waals surface area contributed by atoms with E-state index in [0.29, 0.717) is 0 Å². The largest absolute Gasteiger partial charge is 0.127 e. The van der Waals surface area contributed by atoms with Crippen LogP contribution in [0.3, 0.4) is 0 Å². The van der Waals surface area contributed by atoms with Gasteiger partial charge in [0.25, 0.3) is 0 Å². The van der Waals surface area contributed by atoms with Gasteiger partial charge in [-0.3, -0.25) is 0 Å². The lowest BCUT2D eigenvalue weighted by atomic mass is 10.1. The number of benzene rings is 1. The van der Waals surface area contributed by atoms with E-state index in [9.17, 15) is 0 Å². The standard InChI is InChI=1S/C9H9Cl2I/c10-5-1-2-7-3-4-8(11)9(12)6-7/h3-4,6H,1-2,5H2. The van der Waals surface area contributed by atoms with Crippen molar-refractivity contribution >= 4 is 45.8 Å². The van der Waals surface area contributed by atoms with E-state index in [1.807, 2.05) is 6.07 Å². The summed E-state index contributed by atoms with van der Waals surface area (Å²) in [5.74, 6) is 0.721. The third-order valence-electron chi connectivity index (χ3n) is 1.58. The fourth-order valence-corrected chi connectivity index (χ4v) is 1.80. The van der Waals surface area contributed by atoms with Crippen LogP contribution in [0.2, 0.25) is 5.02 Å². The van der Waals surface area contributed by atoms with Crippen LogP contribution in [-0.2, 0) is 6.42 Å². The maximum Gasteiger partial charge on any atom is 0.0539 e. The average Bonchev–Trinajstić information content (AvgIpc) is 2.07. The van der Waals surface area contributed by atoms with Gasteiger partial charge in [-0.05, 0) is 53.1 Å². The van der Waals surface area contributed by atoms with Crippen LogP contribution in [-0.4, -0.2) is 5.88 Å². The van der Waals surface area contributed by atoms with Crippen LogP contribution < -0.4 is 0 Å². The molecule has 12 heavy (non-hydrogen) atoms. The zero-order valence-corrected chi connectivity index (χ0v) is 10.2. The molecular weight excluding hydrogens is 306 g/mol. The molecular formula is C9H9Cl2I. The number of aryl methyl sites for hydroxylation is 1. The van der Waals surface area contributed by atoms with Crippen LogP contribution in [0.15, 0.2) is 18.2 Å². The Hall–Kier alpha value is 0.530. The van der Waals surface area contributed by atoms with Gasteiger partial charge in [0, 0.05) is 9.45 Å². The highest BCUT2D eigenvalue weighted by Crippen LogP contribution is 2.20. The van der Waals surface area contributed by atoms with E-state index in [2.05, 4.69) is 34.7 Å². The molecule has 0 spiro atoms. The lowest BCUT2D eigenvalue weighted by Crippen LogP contribution is -1.87. The monoisotopic (exact) mass is 314 g/mol. The number of rotatable bonds is 3. The van der Waals surface area contributed by atoms with Crippen molar-refractivity contribution in [2.24, 2.45) is 0 Å². The van der Waals surface area contributed by atoms with Gasteiger partial charge >= 0.3 is 0 Å². The van der Waals surface area contributed by atoms with Crippen molar-refractivity contribution in [3.8, 4) is 0 Å². The van der Waals surface area contributed by atoms with Gasteiger partial charge in [0.05, 0.1) is 5.02 Å². The lowest BCUT2D eigenvalue weighted by Gasteiger charge is -2.01. The Morgan fingerprint density at radius 3 is 2.67 bits per heavy atom. The Morgan fingerprint density at radius 1 is 1.33 bits per heavy atom. The quantitative estimate of drug-likeness (QED) is 0.581. The molecule has 1 aromatic rings. The highest BCUT2D eigenvalue weighted by molar-refractivity contribution is 14.1. The molecule has 0 aliphatic heterocycles. The van der Waals surface area contributed by atoms with Crippen molar-refractivity contribution in [1.82, 2.24) is 0 Å². The zero-order chi connectivity index (χ0) is 8.97. The zero-order valence-electron chi connectivity index (χ0n) is 6.49. The third-order valence-corrected chi connectivity index (χ3v) is 3.39. The molecule has 3 heteroatoms. The second-order valence-electron chi connectivity index (χ2n) is 2.54. The minimum Gasteiger partial charge on any atom is -0.127 e. The molecule has 0 atom stereocenters. The first-order chi connectivity index (χ1) is 5.74. The molecule has 0 saturated heterocycles. The SMILES string of the molecule is ClCCCc1ccc(Cl)c(I)c1. The van der Waals surface area contributed by atoms with Gasteiger partial charge in [0.1, 0.15) is 0 Å². The van der Waals surface area contributed by atoms with Gasteiger partial charge in [-0.2, -0.15) is 0 Å². The molecule has 0 unspecified atom stereocenters. The molecule has 0 heterocycles. The van der Waals surface area contributed by atoms with Gasteiger partial charge in [0.2, 0.25) is 0 Å². The second-order valence-corrected chi connectivity index (χ2v) is 4.49. The Labute approximate surface area is 96.4 Å². The predicted molar refractivity (Wildman–Crippen MR) is 63.2 cm³/mol. The van der Waals surface area contributed by atoms with Crippen molar-refractivity contribution in [3.05, 3.63) is 32.4 Å². The van der Waals surface area contributed by atoms with Crippen LogP contribution in [0.1, 0.15) is 12.0 Å². The second kappa shape index (κ2) is 5.30. The minimum atomic E-state index is 0.721. The Bertz CT molecular complexity index is 261. The number of hydrogen-bond acceptors (Lipinski definition) is 0. The fourth-order valence-electron chi connectivity index (χ4n) is 0.966. The molecule has 0 fully saturated rings. The molecule has 0 bridgehead atoms. The summed E-state index contributed by atoms with van der Waals surface area (Å²) < 4.78 is 1.11. The number of alkyl halides is 1. The summed E-state index contributed by atoms with van der Waals surface area (Å²) in [6, 6.07) is 6.10. The van der Waals surface area contributed by atoms with Crippen LogP contribution in [0, 0.1) is 3.57 Å². The smallest absolute Gasteiger partial charge is 0.0539 e. The van der Waals surface area contributed by atoms with Gasteiger partial charge in [-0.1, -0.05) is 17.7 Å². The van der Waals surface area contributed by atoms with Crippen LogP contribution >= 0.6 is 45.8 Å². The minimum absolute atomic E-state index is 0.721. The van der Waals surface area contributed by atoms with Crippen LogP contribution in [0.4, 0.5) is 0 Å². The molecule has 1 aromatic carbocycles. The van der Waals surface area contributed by atoms with Crippen LogP contribution in [0.25, 0.3) is 0 Å². The summed E-state index contributed by atoms with van der Waals surface area (Å²) in [6.45, 7) is 0. The first-order valence-corrected chi connectivity index (χ1v) is 5.73.